The molecule has 0 unspecified atom stereocenters. The summed E-state index contributed by atoms with van der Waals surface area (Å²) in [4.78, 5) is 41.5. The highest BCUT2D eigenvalue weighted by atomic mass is 19.1. The summed E-state index contributed by atoms with van der Waals surface area (Å²) < 4.78 is 14.6. The van der Waals surface area contributed by atoms with Crippen molar-refractivity contribution in [3.8, 4) is 12.3 Å². The molecular weight excluding hydrogens is 483 g/mol. The molecule has 1 aliphatic carbocycles. The van der Waals surface area contributed by atoms with Crippen molar-refractivity contribution in [1.29, 1.82) is 0 Å². The van der Waals surface area contributed by atoms with E-state index >= 15 is 0 Å². The zero-order valence-electron chi connectivity index (χ0n) is 22.1. The van der Waals surface area contributed by atoms with Gasteiger partial charge in [-0.1, -0.05) is 18.2 Å². The van der Waals surface area contributed by atoms with Gasteiger partial charge in [0.15, 0.2) is 5.78 Å². The van der Waals surface area contributed by atoms with Crippen LogP contribution in [0.1, 0.15) is 59.4 Å². The highest BCUT2D eigenvalue weighted by Crippen LogP contribution is 2.27. The molecule has 2 aromatic carbocycles. The maximum atomic E-state index is 14.6. The Morgan fingerprint density at radius 2 is 1.79 bits per heavy atom. The summed E-state index contributed by atoms with van der Waals surface area (Å²) in [5, 5.41) is 5.24. The Balaban J connectivity index is 1.28. The topological polar surface area (TPSA) is 81.8 Å². The third-order valence-electron chi connectivity index (χ3n) is 7.02. The lowest BCUT2D eigenvalue weighted by atomic mass is 9.86. The minimum absolute atomic E-state index is 0.0255. The van der Waals surface area contributed by atoms with Crippen molar-refractivity contribution >= 4 is 23.4 Å². The van der Waals surface area contributed by atoms with Gasteiger partial charge in [0.05, 0.1) is 5.69 Å². The summed E-state index contributed by atoms with van der Waals surface area (Å²) in [6.45, 7) is 7.37. The van der Waals surface area contributed by atoms with Gasteiger partial charge in [-0.15, -0.1) is 12.3 Å². The second-order valence-electron chi connectivity index (χ2n) is 10.9. The number of benzene rings is 2. The Morgan fingerprint density at radius 3 is 2.45 bits per heavy atom. The first-order valence-electron chi connectivity index (χ1n) is 13.1. The van der Waals surface area contributed by atoms with Crippen molar-refractivity contribution < 1.29 is 18.8 Å². The van der Waals surface area contributed by atoms with E-state index in [1.54, 1.807) is 4.90 Å². The minimum Gasteiger partial charge on any atom is -0.338 e. The van der Waals surface area contributed by atoms with Crippen molar-refractivity contribution in [3.63, 3.8) is 0 Å². The summed E-state index contributed by atoms with van der Waals surface area (Å²) in [5.74, 6) is 2.34. The number of rotatable bonds is 9. The van der Waals surface area contributed by atoms with Crippen LogP contribution in [0.5, 0.6) is 0 Å². The maximum Gasteiger partial charge on any atom is 0.319 e. The number of piperazine rings is 1. The van der Waals surface area contributed by atoms with Crippen molar-refractivity contribution in [2.75, 3.05) is 38.0 Å². The molecule has 0 radical (unpaired) electrons. The quantitative estimate of drug-likeness (QED) is 0.377. The van der Waals surface area contributed by atoms with Gasteiger partial charge in [-0.2, -0.15) is 0 Å². The molecule has 2 fully saturated rings. The summed E-state index contributed by atoms with van der Waals surface area (Å²) in [6.07, 6.45) is 8.05. The monoisotopic (exact) mass is 518 g/mol. The second kappa shape index (κ2) is 11.8. The Labute approximate surface area is 223 Å². The first-order valence-corrected chi connectivity index (χ1v) is 13.1. The van der Waals surface area contributed by atoms with Gasteiger partial charge < -0.3 is 15.5 Å². The molecule has 3 amide bonds. The average molecular weight is 519 g/mol. The number of carbonyl (C=O) groups is 3. The van der Waals surface area contributed by atoms with E-state index in [9.17, 15) is 18.8 Å². The van der Waals surface area contributed by atoms with Crippen LogP contribution in [0.2, 0.25) is 0 Å². The highest BCUT2D eigenvalue weighted by Gasteiger charge is 2.25. The fourth-order valence-electron chi connectivity index (χ4n) is 4.42. The van der Waals surface area contributed by atoms with Crippen molar-refractivity contribution in [2.24, 2.45) is 11.3 Å². The second-order valence-corrected chi connectivity index (χ2v) is 10.9. The molecule has 4 rings (SSSR count). The third-order valence-corrected chi connectivity index (χ3v) is 7.02. The first kappa shape index (κ1) is 27.3. The smallest absolute Gasteiger partial charge is 0.319 e. The van der Waals surface area contributed by atoms with Gasteiger partial charge in [-0.3, -0.25) is 14.5 Å². The van der Waals surface area contributed by atoms with Gasteiger partial charge >= 0.3 is 6.03 Å². The van der Waals surface area contributed by atoms with E-state index in [4.69, 9.17) is 6.42 Å². The third kappa shape index (κ3) is 7.42. The van der Waals surface area contributed by atoms with E-state index in [1.807, 2.05) is 38.1 Å². The zero-order valence-corrected chi connectivity index (χ0v) is 22.1. The summed E-state index contributed by atoms with van der Waals surface area (Å²) in [6, 6.07) is 11.3. The molecule has 0 atom stereocenters. The molecule has 200 valence electrons. The van der Waals surface area contributed by atoms with Crippen LogP contribution in [0.25, 0.3) is 0 Å². The molecule has 7 nitrogen and oxygen atoms in total. The van der Waals surface area contributed by atoms with Crippen LogP contribution in [0.3, 0.4) is 0 Å². The van der Waals surface area contributed by atoms with Gasteiger partial charge in [0, 0.05) is 62.2 Å². The number of anilines is 1. The fraction of sp³-hybridized carbons (Fsp3) is 0.433. The number of amides is 3. The Hall–Kier alpha value is -3.70. The lowest BCUT2D eigenvalue weighted by molar-refractivity contribution is 0.0627. The average Bonchev–Trinajstić information content (AvgIpc) is 3.73. The van der Waals surface area contributed by atoms with Crippen molar-refractivity contribution in [3.05, 3.63) is 65.0 Å². The van der Waals surface area contributed by atoms with Crippen LogP contribution in [0.15, 0.2) is 42.5 Å². The van der Waals surface area contributed by atoms with Gasteiger partial charge in [0.2, 0.25) is 0 Å². The number of nitrogens with one attached hydrogen (secondary N) is 2. The standard InChI is InChI=1S/C30H35FN4O3/c1-4-30(2,3)18-27(36)23-7-5-6-22(16-23)20-34-12-14-35(15-13-34)28(37)24-10-11-26(25(31)17-24)33-29(38)32-19-21-8-9-21/h1,5-7,10-11,16-17,21H,8-9,12-15,18-20H2,2-3H3,(H2,32,33,38). The molecule has 2 aliphatic rings. The van der Waals surface area contributed by atoms with E-state index in [-0.39, 0.29) is 22.9 Å². The van der Waals surface area contributed by atoms with Crippen LogP contribution in [0, 0.1) is 29.5 Å². The molecule has 1 aliphatic heterocycles. The largest absolute Gasteiger partial charge is 0.338 e. The Kier molecular flexibility index (Phi) is 8.48. The predicted octanol–water partition coefficient (Wildman–Crippen LogP) is 4.55. The zero-order chi connectivity index (χ0) is 27.3. The molecule has 0 aromatic heterocycles. The first-order chi connectivity index (χ1) is 18.1. The van der Waals surface area contributed by atoms with E-state index in [0.29, 0.717) is 57.2 Å². The molecule has 1 heterocycles. The number of nitrogens with zero attached hydrogens (tertiary/aromatic N) is 2. The maximum absolute atomic E-state index is 14.6. The highest BCUT2D eigenvalue weighted by molar-refractivity contribution is 5.97. The van der Waals surface area contributed by atoms with Crippen LogP contribution < -0.4 is 10.6 Å². The molecule has 8 heteroatoms. The van der Waals surface area contributed by atoms with Gasteiger partial charge in [0.25, 0.3) is 5.91 Å². The number of hydrogen-bond donors (Lipinski definition) is 2. The molecule has 0 bridgehead atoms. The van der Waals surface area contributed by atoms with Gasteiger partial charge in [-0.05, 0) is 62.4 Å². The van der Waals surface area contributed by atoms with E-state index in [2.05, 4.69) is 21.5 Å². The van der Waals surface area contributed by atoms with Crippen molar-refractivity contribution in [1.82, 2.24) is 15.1 Å². The number of ketones is 1. The van der Waals surface area contributed by atoms with Crippen LogP contribution in [-0.4, -0.2) is 60.2 Å². The lowest BCUT2D eigenvalue weighted by Crippen LogP contribution is -2.48. The summed E-state index contributed by atoms with van der Waals surface area (Å²) in [7, 11) is 0. The number of carbonyl (C=O) groups excluding carboxylic acids is 3. The van der Waals surface area contributed by atoms with E-state index in [0.717, 1.165) is 18.4 Å². The predicted molar refractivity (Wildman–Crippen MR) is 145 cm³/mol. The molecule has 2 aromatic rings. The molecule has 38 heavy (non-hydrogen) atoms. The normalized spacial score (nSPS) is 16.0. The molecule has 1 saturated carbocycles. The van der Waals surface area contributed by atoms with Crippen LogP contribution in [-0.2, 0) is 6.54 Å². The Bertz CT molecular complexity index is 1240. The Morgan fingerprint density at radius 1 is 1.05 bits per heavy atom. The summed E-state index contributed by atoms with van der Waals surface area (Å²) in [5.41, 5.74) is 1.49. The van der Waals surface area contributed by atoms with Gasteiger partial charge in [-0.25, -0.2) is 9.18 Å². The van der Waals surface area contributed by atoms with Gasteiger partial charge in [0.1, 0.15) is 5.82 Å². The SMILES string of the molecule is C#CC(C)(C)CC(=O)c1cccc(CN2CCN(C(=O)c3ccc(NC(=O)NCC4CC4)c(F)c3)CC2)c1. The van der Waals surface area contributed by atoms with Crippen LogP contribution in [0.4, 0.5) is 14.9 Å². The number of urea groups is 1. The number of halogens is 1. The number of terminal acetylenes is 1. The lowest BCUT2D eigenvalue weighted by Gasteiger charge is -2.35. The molecule has 1 saturated heterocycles. The van der Waals surface area contributed by atoms with Crippen molar-refractivity contribution in [2.45, 2.75) is 39.7 Å². The number of Topliss-reactive ketones (excluding diaryl/α,β-unsaturated/α-hetero) is 1. The number of hydrogen-bond acceptors (Lipinski definition) is 4. The molecule has 0 spiro atoms. The molecule has 2 N–H and O–H groups in total. The molecular formula is C30H35FN4O3. The van der Waals surface area contributed by atoms with E-state index in [1.165, 1.54) is 18.2 Å². The summed E-state index contributed by atoms with van der Waals surface area (Å²) >= 11 is 0. The fourth-order valence-corrected chi connectivity index (χ4v) is 4.42. The van der Waals surface area contributed by atoms with Crippen LogP contribution >= 0.6 is 0 Å². The minimum atomic E-state index is -0.642. The van der Waals surface area contributed by atoms with E-state index < -0.39 is 17.3 Å².